The predicted octanol–water partition coefficient (Wildman–Crippen LogP) is 2.70. The van der Waals surface area contributed by atoms with E-state index in [9.17, 15) is 0 Å². The Hall–Kier alpha value is -2.23. The molecule has 0 radical (unpaired) electrons. The molecule has 3 rings (SSSR count). The second-order valence-corrected chi connectivity index (χ2v) is 4.69. The van der Waals surface area contributed by atoms with Gasteiger partial charge < -0.3 is 15.8 Å². The first-order chi connectivity index (χ1) is 9.28. The Morgan fingerprint density at radius 2 is 2.05 bits per heavy atom. The van der Waals surface area contributed by atoms with Crippen molar-refractivity contribution in [1.82, 2.24) is 4.98 Å². The molecule has 4 heteroatoms. The van der Waals surface area contributed by atoms with Crippen molar-refractivity contribution in [2.24, 2.45) is 0 Å². The van der Waals surface area contributed by atoms with E-state index in [2.05, 4.69) is 16.4 Å². The third-order valence-corrected chi connectivity index (χ3v) is 3.45. The van der Waals surface area contributed by atoms with E-state index in [0.29, 0.717) is 5.82 Å². The van der Waals surface area contributed by atoms with Gasteiger partial charge in [-0.3, -0.25) is 0 Å². The lowest BCUT2D eigenvalue weighted by Gasteiger charge is -2.19. The van der Waals surface area contributed by atoms with Crippen molar-refractivity contribution in [3.8, 4) is 16.9 Å². The first-order valence-corrected chi connectivity index (χ1v) is 6.45. The van der Waals surface area contributed by atoms with Crippen molar-refractivity contribution in [1.29, 1.82) is 0 Å². The number of pyridine rings is 1. The number of anilines is 2. The van der Waals surface area contributed by atoms with Gasteiger partial charge in [0.25, 0.3) is 0 Å². The van der Waals surface area contributed by atoms with Crippen molar-refractivity contribution in [3.63, 3.8) is 0 Å². The van der Waals surface area contributed by atoms with Crippen molar-refractivity contribution in [3.05, 3.63) is 35.9 Å². The van der Waals surface area contributed by atoms with Crippen molar-refractivity contribution in [2.75, 3.05) is 24.7 Å². The highest BCUT2D eigenvalue weighted by Crippen LogP contribution is 2.31. The first-order valence-electron chi connectivity index (χ1n) is 6.45. The van der Waals surface area contributed by atoms with Crippen LogP contribution in [0.2, 0.25) is 0 Å². The summed E-state index contributed by atoms with van der Waals surface area (Å²) in [7, 11) is 1.66. The highest BCUT2D eigenvalue weighted by atomic mass is 16.5. The lowest BCUT2D eigenvalue weighted by atomic mass is 10.0. The molecule has 1 aromatic carbocycles. The van der Waals surface area contributed by atoms with Crippen LogP contribution in [0.1, 0.15) is 12.0 Å². The minimum Gasteiger partial charge on any atom is -0.497 e. The molecule has 0 atom stereocenters. The minimum atomic E-state index is 0.568. The van der Waals surface area contributed by atoms with E-state index in [1.54, 1.807) is 7.11 Å². The summed E-state index contributed by atoms with van der Waals surface area (Å²) in [6.07, 6.45) is 2.19. The number of aromatic nitrogens is 1. The van der Waals surface area contributed by atoms with E-state index < -0.39 is 0 Å². The van der Waals surface area contributed by atoms with Gasteiger partial charge in [0.05, 0.1) is 7.11 Å². The number of hydrogen-bond acceptors (Lipinski definition) is 4. The number of aryl methyl sites for hydroxylation is 1. The molecule has 0 unspecified atom stereocenters. The number of fused-ring (bicyclic) bond motifs is 1. The fourth-order valence-electron chi connectivity index (χ4n) is 2.40. The van der Waals surface area contributed by atoms with Gasteiger partial charge in [0.1, 0.15) is 17.4 Å². The van der Waals surface area contributed by atoms with Crippen LogP contribution in [0.3, 0.4) is 0 Å². The van der Waals surface area contributed by atoms with Crippen LogP contribution in [-0.4, -0.2) is 18.6 Å². The summed E-state index contributed by atoms with van der Waals surface area (Å²) in [5, 5.41) is 3.29. The van der Waals surface area contributed by atoms with Crippen LogP contribution in [0.15, 0.2) is 30.3 Å². The maximum absolute atomic E-state index is 6.06. The van der Waals surface area contributed by atoms with Gasteiger partial charge in [0.2, 0.25) is 0 Å². The SMILES string of the molecule is COc1ccc(-c2cc3c(nc2N)NCCC3)cc1. The highest BCUT2D eigenvalue weighted by molar-refractivity contribution is 5.77. The maximum atomic E-state index is 6.06. The molecule has 0 bridgehead atoms. The summed E-state index contributed by atoms with van der Waals surface area (Å²) in [6, 6.07) is 10.0. The second-order valence-electron chi connectivity index (χ2n) is 4.69. The molecule has 4 nitrogen and oxygen atoms in total. The first kappa shape index (κ1) is 11.8. The molecule has 98 valence electrons. The normalized spacial score (nSPS) is 13.5. The quantitative estimate of drug-likeness (QED) is 0.866. The largest absolute Gasteiger partial charge is 0.497 e. The van der Waals surface area contributed by atoms with E-state index >= 15 is 0 Å². The molecule has 1 aromatic heterocycles. The standard InChI is InChI=1S/C15H17N3O/c1-19-12-6-4-10(5-7-12)13-9-11-3-2-8-17-15(11)18-14(13)16/h4-7,9H,2-3,8H2,1H3,(H3,16,17,18). The third-order valence-electron chi connectivity index (χ3n) is 3.45. The average molecular weight is 255 g/mol. The number of methoxy groups -OCH3 is 1. The molecule has 2 aromatic rings. The Bertz CT molecular complexity index is 593. The molecular formula is C15H17N3O. The highest BCUT2D eigenvalue weighted by Gasteiger charge is 2.14. The number of ether oxygens (including phenoxy) is 1. The lowest BCUT2D eigenvalue weighted by molar-refractivity contribution is 0.415. The summed E-state index contributed by atoms with van der Waals surface area (Å²) in [5.41, 5.74) is 9.37. The number of nitrogen functional groups attached to an aromatic ring is 1. The zero-order valence-electron chi connectivity index (χ0n) is 10.9. The number of hydrogen-bond donors (Lipinski definition) is 2. The molecule has 1 aliphatic heterocycles. The molecular weight excluding hydrogens is 238 g/mol. The van der Waals surface area contributed by atoms with Gasteiger partial charge in [-0.25, -0.2) is 4.98 Å². The van der Waals surface area contributed by atoms with Crippen molar-refractivity contribution < 1.29 is 4.74 Å². The summed E-state index contributed by atoms with van der Waals surface area (Å²) in [5.74, 6) is 2.34. The zero-order chi connectivity index (χ0) is 13.2. The van der Waals surface area contributed by atoms with Crippen LogP contribution in [0.4, 0.5) is 11.6 Å². The summed E-state index contributed by atoms with van der Waals surface area (Å²) in [6.45, 7) is 0.974. The number of nitrogens with zero attached hydrogens (tertiary/aromatic N) is 1. The number of benzene rings is 1. The predicted molar refractivity (Wildman–Crippen MR) is 77.4 cm³/mol. The van der Waals surface area contributed by atoms with E-state index in [0.717, 1.165) is 42.1 Å². The minimum absolute atomic E-state index is 0.568. The van der Waals surface area contributed by atoms with E-state index in [1.165, 1.54) is 5.56 Å². The Labute approximate surface area is 112 Å². The van der Waals surface area contributed by atoms with Crippen LogP contribution in [-0.2, 0) is 6.42 Å². The monoisotopic (exact) mass is 255 g/mol. The number of rotatable bonds is 2. The van der Waals surface area contributed by atoms with Crippen LogP contribution >= 0.6 is 0 Å². The summed E-state index contributed by atoms with van der Waals surface area (Å²) < 4.78 is 5.17. The fourth-order valence-corrected chi connectivity index (χ4v) is 2.40. The van der Waals surface area contributed by atoms with Gasteiger partial charge in [-0.05, 0) is 42.2 Å². The molecule has 2 heterocycles. The van der Waals surface area contributed by atoms with Gasteiger partial charge in [-0.2, -0.15) is 0 Å². The second kappa shape index (κ2) is 4.80. The van der Waals surface area contributed by atoms with Crippen molar-refractivity contribution >= 4 is 11.6 Å². The molecule has 0 saturated carbocycles. The van der Waals surface area contributed by atoms with E-state index in [1.807, 2.05) is 24.3 Å². The van der Waals surface area contributed by atoms with E-state index in [4.69, 9.17) is 10.5 Å². The number of nitrogens with two attached hydrogens (primary N) is 1. The van der Waals surface area contributed by atoms with Crippen LogP contribution in [0, 0.1) is 0 Å². The molecule has 0 aliphatic carbocycles. The molecule has 0 amide bonds. The van der Waals surface area contributed by atoms with Crippen LogP contribution in [0.25, 0.3) is 11.1 Å². The summed E-state index contributed by atoms with van der Waals surface area (Å²) in [4.78, 5) is 4.47. The Morgan fingerprint density at radius 3 is 2.79 bits per heavy atom. The molecule has 0 spiro atoms. The molecule has 0 saturated heterocycles. The third kappa shape index (κ3) is 2.21. The van der Waals surface area contributed by atoms with Gasteiger partial charge in [-0.1, -0.05) is 12.1 Å². The maximum Gasteiger partial charge on any atom is 0.133 e. The number of nitrogens with one attached hydrogen (secondary N) is 1. The fraction of sp³-hybridized carbons (Fsp3) is 0.267. The Balaban J connectivity index is 2.03. The average Bonchev–Trinajstić information content (AvgIpc) is 2.47. The smallest absolute Gasteiger partial charge is 0.133 e. The zero-order valence-corrected chi connectivity index (χ0v) is 10.9. The van der Waals surface area contributed by atoms with Crippen LogP contribution in [0.5, 0.6) is 5.75 Å². The molecule has 19 heavy (non-hydrogen) atoms. The summed E-state index contributed by atoms with van der Waals surface area (Å²) >= 11 is 0. The van der Waals surface area contributed by atoms with Crippen LogP contribution < -0.4 is 15.8 Å². The van der Waals surface area contributed by atoms with Crippen molar-refractivity contribution in [2.45, 2.75) is 12.8 Å². The topological polar surface area (TPSA) is 60.2 Å². The van der Waals surface area contributed by atoms with Gasteiger partial charge in [-0.15, -0.1) is 0 Å². The molecule has 3 N–H and O–H groups in total. The Morgan fingerprint density at radius 1 is 1.26 bits per heavy atom. The Kier molecular flexibility index (Phi) is 2.99. The van der Waals surface area contributed by atoms with Gasteiger partial charge in [0.15, 0.2) is 0 Å². The van der Waals surface area contributed by atoms with E-state index in [-0.39, 0.29) is 0 Å². The molecule has 1 aliphatic rings. The van der Waals surface area contributed by atoms with Gasteiger partial charge in [0, 0.05) is 12.1 Å². The van der Waals surface area contributed by atoms with Gasteiger partial charge >= 0.3 is 0 Å². The molecule has 0 fully saturated rings. The lowest BCUT2D eigenvalue weighted by Crippen LogP contribution is -2.14.